The van der Waals surface area contributed by atoms with E-state index in [0.717, 1.165) is 4.31 Å². The summed E-state index contributed by atoms with van der Waals surface area (Å²) in [7, 11) is -3.71. The van der Waals surface area contributed by atoms with Crippen molar-refractivity contribution in [3.63, 3.8) is 0 Å². The van der Waals surface area contributed by atoms with Crippen molar-refractivity contribution < 1.29 is 13.6 Å². The van der Waals surface area contributed by atoms with E-state index >= 15 is 0 Å². The molecule has 1 aromatic heterocycles. The normalized spacial score (nSPS) is 13.1. The molecule has 1 rings (SSSR count). The molecule has 108 valence electrons. The molecule has 9 heteroatoms. The molecule has 1 heterocycles. The second-order valence-corrected chi connectivity index (χ2v) is 5.88. The Kier molecular flexibility index (Phi) is 5.31. The zero-order chi connectivity index (χ0) is 14.5. The zero-order valence-corrected chi connectivity index (χ0v) is 11.8. The van der Waals surface area contributed by atoms with Gasteiger partial charge in [0.1, 0.15) is 5.82 Å². The SMILES string of the molecule is CCCN(CC(N)=NO)S(=O)(=O)c1cnc(CC)[nH]1. The van der Waals surface area contributed by atoms with Crippen molar-refractivity contribution in [2.75, 3.05) is 13.1 Å². The lowest BCUT2D eigenvalue weighted by atomic mass is 10.4. The smallest absolute Gasteiger partial charge is 0.260 e. The Morgan fingerprint density at radius 2 is 2.26 bits per heavy atom. The number of nitrogens with one attached hydrogen (secondary N) is 1. The molecule has 0 unspecified atom stereocenters. The van der Waals surface area contributed by atoms with Gasteiger partial charge in [-0.15, -0.1) is 0 Å². The lowest BCUT2D eigenvalue weighted by Crippen LogP contribution is -2.39. The van der Waals surface area contributed by atoms with Gasteiger partial charge in [-0.05, 0) is 6.42 Å². The third-order valence-electron chi connectivity index (χ3n) is 2.50. The molecule has 19 heavy (non-hydrogen) atoms. The third kappa shape index (κ3) is 3.67. The number of rotatable bonds is 7. The molecule has 0 saturated carbocycles. The van der Waals surface area contributed by atoms with Gasteiger partial charge in [0, 0.05) is 13.0 Å². The predicted octanol–water partition coefficient (Wildman–Crippen LogP) is 0.119. The quantitative estimate of drug-likeness (QED) is 0.284. The van der Waals surface area contributed by atoms with Crippen LogP contribution in [0.3, 0.4) is 0 Å². The molecular formula is C10H19N5O3S. The molecule has 1 aromatic rings. The van der Waals surface area contributed by atoms with Gasteiger partial charge in [0.05, 0.1) is 12.7 Å². The fourth-order valence-electron chi connectivity index (χ4n) is 1.54. The van der Waals surface area contributed by atoms with Crippen LogP contribution in [0.25, 0.3) is 0 Å². The fourth-order valence-corrected chi connectivity index (χ4v) is 2.98. The van der Waals surface area contributed by atoms with Crippen LogP contribution < -0.4 is 5.73 Å². The van der Waals surface area contributed by atoms with E-state index in [4.69, 9.17) is 10.9 Å². The number of nitrogens with two attached hydrogens (primary N) is 1. The maximum Gasteiger partial charge on any atom is 0.260 e. The maximum absolute atomic E-state index is 12.4. The summed E-state index contributed by atoms with van der Waals surface area (Å²) >= 11 is 0. The van der Waals surface area contributed by atoms with Crippen LogP contribution in [0.15, 0.2) is 16.4 Å². The largest absolute Gasteiger partial charge is 0.409 e. The summed E-state index contributed by atoms with van der Waals surface area (Å²) in [5.74, 6) is 0.436. The first kappa shape index (κ1) is 15.4. The third-order valence-corrected chi connectivity index (χ3v) is 4.25. The molecule has 0 spiro atoms. The second kappa shape index (κ2) is 6.53. The first-order valence-electron chi connectivity index (χ1n) is 5.96. The summed E-state index contributed by atoms with van der Waals surface area (Å²) in [6, 6.07) is 0. The fraction of sp³-hybridized carbons (Fsp3) is 0.600. The Hall–Kier alpha value is -1.61. The topological polar surface area (TPSA) is 125 Å². The van der Waals surface area contributed by atoms with Crippen LogP contribution in [0, 0.1) is 0 Å². The average Bonchev–Trinajstić information content (AvgIpc) is 2.87. The number of hydrogen-bond donors (Lipinski definition) is 3. The Morgan fingerprint density at radius 1 is 1.58 bits per heavy atom. The van der Waals surface area contributed by atoms with Crippen LogP contribution in [0.2, 0.25) is 0 Å². The highest BCUT2D eigenvalue weighted by Gasteiger charge is 2.26. The Morgan fingerprint density at radius 3 is 2.74 bits per heavy atom. The number of aromatic amines is 1. The van der Waals surface area contributed by atoms with E-state index in [0.29, 0.717) is 18.7 Å². The zero-order valence-electron chi connectivity index (χ0n) is 11.0. The lowest BCUT2D eigenvalue weighted by molar-refractivity contribution is 0.314. The molecule has 0 aromatic carbocycles. The van der Waals surface area contributed by atoms with Gasteiger partial charge in [0.25, 0.3) is 10.0 Å². The number of imidazole rings is 1. The van der Waals surface area contributed by atoms with E-state index < -0.39 is 10.0 Å². The van der Waals surface area contributed by atoms with Crippen molar-refractivity contribution in [3.8, 4) is 0 Å². The Bertz CT molecular complexity index is 537. The standard InChI is InChI=1S/C10H19N5O3S/c1-3-5-15(7-8(11)14-16)19(17,18)10-6-12-9(4-2)13-10/h6,16H,3-5,7H2,1-2H3,(H2,11,14)(H,12,13). The van der Waals surface area contributed by atoms with E-state index in [-0.39, 0.29) is 24.0 Å². The summed E-state index contributed by atoms with van der Waals surface area (Å²) in [6.07, 6.45) is 2.51. The number of oxime groups is 1. The van der Waals surface area contributed by atoms with Crippen LogP contribution in [-0.4, -0.2) is 46.8 Å². The minimum absolute atomic E-state index is 0.0172. The highest BCUT2D eigenvalue weighted by molar-refractivity contribution is 7.89. The van der Waals surface area contributed by atoms with Crippen LogP contribution >= 0.6 is 0 Å². The van der Waals surface area contributed by atoms with Crippen molar-refractivity contribution in [2.45, 2.75) is 31.7 Å². The van der Waals surface area contributed by atoms with Gasteiger partial charge < -0.3 is 15.9 Å². The molecule has 0 aliphatic rings. The van der Waals surface area contributed by atoms with Crippen molar-refractivity contribution in [3.05, 3.63) is 12.0 Å². The molecule has 0 saturated heterocycles. The summed E-state index contributed by atoms with van der Waals surface area (Å²) in [6.45, 7) is 3.83. The first-order valence-corrected chi connectivity index (χ1v) is 7.40. The van der Waals surface area contributed by atoms with Gasteiger partial charge in [-0.3, -0.25) is 0 Å². The van der Waals surface area contributed by atoms with Gasteiger partial charge in [-0.2, -0.15) is 4.31 Å². The molecule has 8 nitrogen and oxygen atoms in total. The number of aromatic nitrogens is 2. The average molecular weight is 289 g/mol. The molecule has 0 atom stereocenters. The van der Waals surface area contributed by atoms with E-state index in [2.05, 4.69) is 15.1 Å². The van der Waals surface area contributed by atoms with E-state index in [9.17, 15) is 8.42 Å². The van der Waals surface area contributed by atoms with Crippen molar-refractivity contribution in [1.82, 2.24) is 14.3 Å². The number of amidine groups is 1. The second-order valence-electron chi connectivity index (χ2n) is 3.98. The summed E-state index contributed by atoms with van der Waals surface area (Å²) in [5.41, 5.74) is 5.38. The van der Waals surface area contributed by atoms with Crippen molar-refractivity contribution in [2.24, 2.45) is 10.9 Å². The Balaban J connectivity index is 3.05. The number of aryl methyl sites for hydroxylation is 1. The van der Waals surface area contributed by atoms with Gasteiger partial charge in [-0.1, -0.05) is 19.0 Å². The summed E-state index contributed by atoms with van der Waals surface area (Å²) in [4.78, 5) is 6.72. The molecule has 0 fully saturated rings. The van der Waals surface area contributed by atoms with Gasteiger partial charge in [-0.25, -0.2) is 13.4 Å². The molecule has 0 amide bonds. The van der Waals surface area contributed by atoms with Gasteiger partial charge in [0.15, 0.2) is 10.9 Å². The predicted molar refractivity (Wildman–Crippen MR) is 70.4 cm³/mol. The van der Waals surface area contributed by atoms with Gasteiger partial charge in [0.2, 0.25) is 0 Å². The minimum atomic E-state index is -3.71. The molecule has 0 radical (unpaired) electrons. The Labute approximate surface area is 112 Å². The van der Waals surface area contributed by atoms with Crippen LogP contribution in [0.5, 0.6) is 0 Å². The van der Waals surface area contributed by atoms with Gasteiger partial charge >= 0.3 is 0 Å². The number of H-pyrrole nitrogens is 1. The van der Waals surface area contributed by atoms with E-state index in [1.807, 2.05) is 13.8 Å². The van der Waals surface area contributed by atoms with Crippen LogP contribution in [0.1, 0.15) is 26.1 Å². The monoisotopic (exact) mass is 289 g/mol. The van der Waals surface area contributed by atoms with E-state index in [1.165, 1.54) is 6.20 Å². The van der Waals surface area contributed by atoms with Crippen LogP contribution in [-0.2, 0) is 16.4 Å². The molecule has 0 bridgehead atoms. The summed E-state index contributed by atoms with van der Waals surface area (Å²) in [5, 5.41) is 11.4. The molecule has 0 aliphatic heterocycles. The van der Waals surface area contributed by atoms with E-state index in [1.54, 1.807) is 0 Å². The number of nitrogens with zero attached hydrogens (tertiary/aromatic N) is 3. The van der Waals surface area contributed by atoms with Crippen molar-refractivity contribution >= 4 is 15.9 Å². The molecular weight excluding hydrogens is 270 g/mol. The summed E-state index contributed by atoms with van der Waals surface area (Å²) < 4.78 is 25.9. The lowest BCUT2D eigenvalue weighted by Gasteiger charge is -2.19. The maximum atomic E-state index is 12.4. The van der Waals surface area contributed by atoms with Crippen molar-refractivity contribution in [1.29, 1.82) is 0 Å². The minimum Gasteiger partial charge on any atom is -0.409 e. The number of sulfonamides is 1. The highest BCUT2D eigenvalue weighted by atomic mass is 32.2. The number of hydrogen-bond acceptors (Lipinski definition) is 5. The molecule has 0 aliphatic carbocycles. The molecule has 4 N–H and O–H groups in total. The van der Waals surface area contributed by atoms with Crippen LogP contribution in [0.4, 0.5) is 0 Å². The highest BCUT2D eigenvalue weighted by Crippen LogP contribution is 2.14. The first-order chi connectivity index (χ1) is 8.95.